The van der Waals surface area contributed by atoms with E-state index < -0.39 is 58.6 Å². The van der Waals surface area contributed by atoms with Gasteiger partial charge in [0.25, 0.3) is 5.91 Å². The molecular formula is C26H20ClF6N3O6. The normalized spacial score (nSPS) is 15.8. The van der Waals surface area contributed by atoms with Gasteiger partial charge >= 0.3 is 24.3 Å². The Kier molecular flexibility index (Phi) is 8.04. The van der Waals surface area contributed by atoms with E-state index in [9.17, 15) is 41.0 Å². The highest BCUT2D eigenvalue weighted by atomic mass is 35.5. The minimum atomic E-state index is -5.24. The number of aromatic nitrogens is 2. The molecule has 1 aliphatic rings. The molecule has 9 nitrogen and oxygen atoms in total. The Morgan fingerprint density at radius 2 is 1.83 bits per heavy atom. The van der Waals surface area contributed by atoms with Crippen LogP contribution in [0.25, 0.3) is 0 Å². The van der Waals surface area contributed by atoms with Crippen LogP contribution < -0.4 is 14.4 Å². The Labute approximate surface area is 238 Å². The molecule has 2 unspecified atom stereocenters. The number of rotatable bonds is 6. The maximum absolute atomic E-state index is 14.5. The lowest BCUT2D eigenvalue weighted by molar-refractivity contribution is -0.274. The van der Waals surface area contributed by atoms with E-state index in [-0.39, 0.29) is 34.4 Å². The van der Waals surface area contributed by atoms with Crippen molar-refractivity contribution >= 4 is 29.2 Å². The third-order valence-electron chi connectivity index (χ3n) is 6.63. The zero-order valence-electron chi connectivity index (χ0n) is 21.8. The average molecular weight is 620 g/mol. The Hall–Kier alpha value is -4.11. The number of methoxy groups -OCH3 is 1. The molecule has 1 amide bonds. The van der Waals surface area contributed by atoms with Gasteiger partial charge in [0.05, 0.1) is 12.8 Å². The van der Waals surface area contributed by atoms with Crippen LogP contribution in [0.5, 0.6) is 17.5 Å². The molecule has 0 spiro atoms. The van der Waals surface area contributed by atoms with Gasteiger partial charge in [-0.2, -0.15) is 31.3 Å². The molecule has 42 heavy (non-hydrogen) atoms. The Bertz CT molecular complexity index is 1550. The number of esters is 1. The van der Waals surface area contributed by atoms with Crippen molar-refractivity contribution in [3.63, 3.8) is 0 Å². The second-order valence-corrected chi connectivity index (χ2v) is 9.51. The molecule has 2 heterocycles. The molecule has 3 aromatic rings. The van der Waals surface area contributed by atoms with Crippen molar-refractivity contribution in [2.24, 2.45) is 0 Å². The van der Waals surface area contributed by atoms with E-state index in [0.29, 0.717) is 6.20 Å². The number of hydrogen-bond donors (Lipinski definition) is 1. The van der Waals surface area contributed by atoms with Gasteiger partial charge in [0.1, 0.15) is 17.1 Å². The zero-order chi connectivity index (χ0) is 31.2. The molecule has 0 aliphatic carbocycles. The van der Waals surface area contributed by atoms with Gasteiger partial charge in [0.15, 0.2) is 17.9 Å². The Morgan fingerprint density at radius 3 is 2.43 bits per heavy atom. The maximum Gasteiger partial charge on any atom is 0.434 e. The van der Waals surface area contributed by atoms with Gasteiger partial charge < -0.3 is 24.2 Å². The summed E-state index contributed by atoms with van der Waals surface area (Å²) in [5.41, 5.74) is -6.88. The smallest absolute Gasteiger partial charge is 0.434 e. The van der Waals surface area contributed by atoms with Crippen molar-refractivity contribution in [2.75, 3.05) is 25.7 Å². The van der Waals surface area contributed by atoms with E-state index in [1.54, 1.807) is 0 Å². The summed E-state index contributed by atoms with van der Waals surface area (Å²) >= 11 is 6.27. The molecule has 224 valence electrons. The first kappa shape index (κ1) is 30.8. The second kappa shape index (κ2) is 10.9. The number of likely N-dealkylation sites (N-methyl/N-ethyl adjacent to an activating group) is 1. The fourth-order valence-electron chi connectivity index (χ4n) is 4.31. The number of amides is 1. The van der Waals surface area contributed by atoms with E-state index >= 15 is 0 Å². The summed E-state index contributed by atoms with van der Waals surface area (Å²) in [6.45, 7) is 0.773. The summed E-state index contributed by atoms with van der Waals surface area (Å²) in [6.07, 6.45) is -9.76. The van der Waals surface area contributed by atoms with Gasteiger partial charge in [-0.05, 0) is 35.4 Å². The van der Waals surface area contributed by atoms with Gasteiger partial charge in [0, 0.05) is 24.2 Å². The van der Waals surface area contributed by atoms with Crippen LogP contribution in [0.4, 0.5) is 32.0 Å². The van der Waals surface area contributed by atoms with Crippen molar-refractivity contribution < 1.29 is 55.2 Å². The molecule has 0 saturated carbocycles. The minimum absolute atomic E-state index is 0.0184. The molecule has 1 aliphatic heterocycles. The lowest BCUT2D eigenvalue weighted by atomic mass is 9.77. The van der Waals surface area contributed by atoms with Crippen LogP contribution in [-0.2, 0) is 21.3 Å². The van der Waals surface area contributed by atoms with Gasteiger partial charge in [-0.25, -0.2) is 9.78 Å². The summed E-state index contributed by atoms with van der Waals surface area (Å²) in [6, 6.07) is 5.56. The molecule has 0 saturated heterocycles. The van der Waals surface area contributed by atoms with Gasteiger partial charge in [-0.1, -0.05) is 30.7 Å². The molecule has 1 aromatic heterocycles. The average Bonchev–Trinajstić information content (AvgIpc) is 2.92. The number of benzene rings is 2. The predicted octanol–water partition coefficient (Wildman–Crippen LogP) is 5.64. The lowest BCUT2D eigenvalue weighted by Crippen LogP contribution is -2.47. The van der Waals surface area contributed by atoms with Crippen LogP contribution in [0.2, 0.25) is 5.02 Å². The summed E-state index contributed by atoms with van der Waals surface area (Å²) in [5.74, 6) is -3.69. The Morgan fingerprint density at radius 1 is 1.14 bits per heavy atom. The molecule has 0 radical (unpaired) electrons. The standard InChI is InChI=1S/C26H20ClF6N3O6/c1-12(24(39,26(31,32)33)13-4-7-19-18(8-13)36(2)20(37)11-41-19)15-6-5-14(9-17(15)27)42-23-34-10-16(22(38)40-3)21(35-23)25(28,29)30/h4-10,12,39H,11H2,1-3H3. The quantitative estimate of drug-likeness (QED) is 0.279. The fraction of sp³-hybridized carbons (Fsp3) is 0.308. The molecule has 2 atom stereocenters. The van der Waals surface area contributed by atoms with Crippen LogP contribution in [0.3, 0.4) is 0 Å². The van der Waals surface area contributed by atoms with Crippen LogP contribution in [0, 0.1) is 0 Å². The highest BCUT2D eigenvalue weighted by Crippen LogP contribution is 2.51. The van der Waals surface area contributed by atoms with E-state index in [2.05, 4.69) is 14.7 Å². The van der Waals surface area contributed by atoms with E-state index in [1.807, 2.05) is 0 Å². The summed E-state index contributed by atoms with van der Waals surface area (Å²) in [5, 5.41) is 10.9. The first-order chi connectivity index (χ1) is 19.5. The molecule has 2 aromatic carbocycles. The number of aliphatic hydroxyl groups is 1. The fourth-order valence-corrected chi connectivity index (χ4v) is 4.65. The minimum Gasteiger partial charge on any atom is -0.482 e. The van der Waals surface area contributed by atoms with Crippen molar-refractivity contribution in [3.05, 3.63) is 70.0 Å². The van der Waals surface area contributed by atoms with Crippen molar-refractivity contribution in [3.8, 4) is 17.5 Å². The molecular weight excluding hydrogens is 600 g/mol. The number of hydrogen-bond acceptors (Lipinski definition) is 8. The summed E-state index contributed by atoms with van der Waals surface area (Å²) < 4.78 is 98.6. The largest absolute Gasteiger partial charge is 0.482 e. The van der Waals surface area contributed by atoms with Crippen LogP contribution >= 0.6 is 11.6 Å². The van der Waals surface area contributed by atoms with E-state index in [0.717, 1.165) is 49.3 Å². The number of fused-ring (bicyclic) bond motifs is 1. The maximum atomic E-state index is 14.5. The first-order valence-electron chi connectivity index (χ1n) is 11.8. The van der Waals surface area contributed by atoms with E-state index in [4.69, 9.17) is 21.1 Å². The lowest BCUT2D eigenvalue weighted by Gasteiger charge is -2.38. The first-order valence-corrected chi connectivity index (χ1v) is 12.2. The van der Waals surface area contributed by atoms with E-state index in [1.165, 1.54) is 13.1 Å². The number of anilines is 1. The van der Waals surface area contributed by atoms with Crippen LogP contribution in [-0.4, -0.2) is 53.9 Å². The third-order valence-corrected chi connectivity index (χ3v) is 6.96. The molecule has 4 rings (SSSR count). The number of nitrogens with zero attached hydrogens (tertiary/aromatic N) is 3. The number of alkyl halides is 6. The van der Waals surface area contributed by atoms with Crippen molar-refractivity contribution in [2.45, 2.75) is 30.8 Å². The molecule has 16 heteroatoms. The third kappa shape index (κ3) is 5.53. The highest BCUT2D eigenvalue weighted by Gasteiger charge is 2.59. The number of carbonyl (C=O) groups excluding carboxylic acids is 2. The number of carbonyl (C=O) groups is 2. The topological polar surface area (TPSA) is 111 Å². The van der Waals surface area contributed by atoms with Gasteiger partial charge in [-0.3, -0.25) is 4.79 Å². The number of halogens is 7. The molecule has 0 fully saturated rings. The Balaban J connectivity index is 1.69. The zero-order valence-corrected chi connectivity index (χ0v) is 22.6. The summed E-state index contributed by atoms with van der Waals surface area (Å²) in [4.78, 5) is 31.6. The van der Waals surface area contributed by atoms with Gasteiger partial charge in [0.2, 0.25) is 0 Å². The molecule has 0 bridgehead atoms. The van der Waals surface area contributed by atoms with Crippen molar-refractivity contribution in [1.82, 2.24) is 9.97 Å². The molecule has 1 N–H and O–H groups in total. The van der Waals surface area contributed by atoms with Crippen LogP contribution in [0.15, 0.2) is 42.6 Å². The summed E-state index contributed by atoms with van der Waals surface area (Å²) in [7, 11) is 2.22. The van der Waals surface area contributed by atoms with Crippen molar-refractivity contribution in [1.29, 1.82) is 0 Å². The monoisotopic (exact) mass is 619 g/mol. The number of ether oxygens (including phenoxy) is 3. The van der Waals surface area contributed by atoms with Crippen LogP contribution in [0.1, 0.15) is 40.0 Å². The SMILES string of the molecule is COC(=O)c1cnc(Oc2ccc(C(C)C(O)(c3ccc4c(c3)N(C)C(=O)CO4)C(F)(F)F)c(Cl)c2)nc1C(F)(F)F. The second-order valence-electron chi connectivity index (χ2n) is 9.10. The van der Waals surface area contributed by atoms with Gasteiger partial charge in [-0.15, -0.1) is 0 Å². The predicted molar refractivity (Wildman–Crippen MR) is 134 cm³/mol. The highest BCUT2D eigenvalue weighted by molar-refractivity contribution is 6.31.